The molecular weight excluding hydrogens is 585 g/mol. The Bertz CT molecular complexity index is 2710. The molecule has 0 N–H and O–H groups in total. The molecule has 0 spiro atoms. The lowest BCUT2D eigenvalue weighted by Crippen LogP contribution is -1.99. The lowest BCUT2D eigenvalue weighted by molar-refractivity contribution is 1.18. The molecule has 2 heterocycles. The number of nitriles is 2. The maximum atomic E-state index is 10.6. The summed E-state index contributed by atoms with van der Waals surface area (Å²) in [4.78, 5) is 0. The maximum Gasteiger partial charge on any atom is 0.0998 e. The van der Waals surface area contributed by atoms with E-state index in [0.29, 0.717) is 11.1 Å². The predicted octanol–water partition coefficient (Wildman–Crippen LogP) is 11.0. The average Bonchev–Trinajstić information content (AvgIpc) is 3.67. The first-order valence-corrected chi connectivity index (χ1v) is 15.9. The van der Waals surface area contributed by atoms with E-state index in [-0.39, 0.29) is 0 Å². The van der Waals surface area contributed by atoms with Crippen molar-refractivity contribution in [3.05, 3.63) is 169 Å². The van der Waals surface area contributed by atoms with Gasteiger partial charge in [-0.25, -0.2) is 0 Å². The van der Waals surface area contributed by atoms with Crippen LogP contribution in [0.15, 0.2) is 158 Å². The molecule has 0 radical (unpaired) electrons. The molecule has 0 aliphatic heterocycles. The molecule has 0 fully saturated rings. The SMILES string of the molecule is N#Cc1ccc(-n2c3ccccc3c3ccccc32)c(-c2ccc(-c3cccc(-n4c5ccccc5c5ccccc54)c3)cc2C#N)c1. The first-order valence-electron chi connectivity index (χ1n) is 15.9. The molecule has 9 rings (SSSR count). The second-order valence-electron chi connectivity index (χ2n) is 12.0. The highest BCUT2D eigenvalue weighted by Gasteiger charge is 2.19. The van der Waals surface area contributed by atoms with Crippen LogP contribution in [0.1, 0.15) is 11.1 Å². The highest BCUT2D eigenvalue weighted by molar-refractivity contribution is 6.10. The third-order valence-electron chi connectivity index (χ3n) is 9.39. The van der Waals surface area contributed by atoms with Crippen LogP contribution < -0.4 is 0 Å². The van der Waals surface area contributed by atoms with E-state index in [0.717, 1.165) is 66.5 Å². The van der Waals surface area contributed by atoms with Crippen molar-refractivity contribution in [3.63, 3.8) is 0 Å². The van der Waals surface area contributed by atoms with Gasteiger partial charge in [-0.15, -0.1) is 0 Å². The fourth-order valence-electron chi connectivity index (χ4n) is 7.27. The van der Waals surface area contributed by atoms with E-state index in [1.807, 2.05) is 42.5 Å². The van der Waals surface area contributed by atoms with Gasteiger partial charge in [0, 0.05) is 38.4 Å². The van der Waals surface area contributed by atoms with E-state index < -0.39 is 0 Å². The van der Waals surface area contributed by atoms with E-state index in [9.17, 15) is 10.5 Å². The molecule has 48 heavy (non-hydrogen) atoms. The highest BCUT2D eigenvalue weighted by atomic mass is 15.0. The predicted molar refractivity (Wildman–Crippen MR) is 195 cm³/mol. The summed E-state index contributed by atoms with van der Waals surface area (Å²) in [5, 5.41) is 25.2. The summed E-state index contributed by atoms with van der Waals surface area (Å²) < 4.78 is 4.55. The van der Waals surface area contributed by atoms with E-state index in [1.54, 1.807) is 0 Å². The number of rotatable bonds is 4. The van der Waals surface area contributed by atoms with Gasteiger partial charge >= 0.3 is 0 Å². The van der Waals surface area contributed by atoms with Crippen LogP contribution in [0.25, 0.3) is 77.2 Å². The van der Waals surface area contributed by atoms with Gasteiger partial charge < -0.3 is 9.13 Å². The van der Waals surface area contributed by atoms with Crippen LogP contribution in [-0.2, 0) is 0 Å². The molecule has 0 amide bonds. The maximum absolute atomic E-state index is 10.6. The van der Waals surface area contributed by atoms with Gasteiger partial charge in [0.1, 0.15) is 0 Å². The lowest BCUT2D eigenvalue weighted by Gasteiger charge is -2.16. The van der Waals surface area contributed by atoms with E-state index in [1.165, 1.54) is 10.8 Å². The Kier molecular flexibility index (Phi) is 6.22. The first kappa shape index (κ1) is 27.4. The molecule has 222 valence electrons. The second-order valence-corrected chi connectivity index (χ2v) is 12.0. The van der Waals surface area contributed by atoms with Gasteiger partial charge in [-0.1, -0.05) is 97.1 Å². The van der Waals surface area contributed by atoms with E-state index in [4.69, 9.17) is 0 Å². The third-order valence-corrected chi connectivity index (χ3v) is 9.39. The molecule has 0 atom stereocenters. The van der Waals surface area contributed by atoms with Crippen molar-refractivity contribution in [3.8, 4) is 45.8 Å². The Morgan fingerprint density at radius 3 is 1.50 bits per heavy atom. The molecule has 0 aliphatic carbocycles. The number of para-hydroxylation sites is 4. The Balaban J connectivity index is 1.21. The minimum absolute atomic E-state index is 0.543. The fourth-order valence-corrected chi connectivity index (χ4v) is 7.27. The Hall–Kier alpha value is -6.88. The van der Waals surface area contributed by atoms with Crippen LogP contribution in [0.5, 0.6) is 0 Å². The number of nitrogens with zero attached hydrogens (tertiary/aromatic N) is 4. The summed E-state index contributed by atoms with van der Waals surface area (Å²) in [5.41, 5.74) is 11.1. The normalized spacial score (nSPS) is 11.3. The van der Waals surface area contributed by atoms with Crippen LogP contribution in [0, 0.1) is 22.7 Å². The summed E-state index contributed by atoms with van der Waals surface area (Å²) in [6.07, 6.45) is 0. The fraction of sp³-hybridized carbons (Fsp3) is 0. The van der Waals surface area contributed by atoms with Crippen LogP contribution >= 0.6 is 0 Å². The molecule has 9 aromatic rings. The average molecular weight is 611 g/mol. The van der Waals surface area contributed by atoms with Crippen LogP contribution in [-0.4, -0.2) is 9.13 Å². The quantitative estimate of drug-likeness (QED) is 0.199. The van der Waals surface area contributed by atoms with Crippen LogP contribution in [0.4, 0.5) is 0 Å². The van der Waals surface area contributed by atoms with Crippen LogP contribution in [0.3, 0.4) is 0 Å². The molecule has 4 nitrogen and oxygen atoms in total. The highest BCUT2D eigenvalue weighted by Crippen LogP contribution is 2.39. The summed E-state index contributed by atoms with van der Waals surface area (Å²) in [7, 11) is 0. The molecule has 0 unspecified atom stereocenters. The van der Waals surface area contributed by atoms with Crippen molar-refractivity contribution in [1.82, 2.24) is 9.13 Å². The van der Waals surface area contributed by atoms with Gasteiger partial charge in [0.05, 0.1) is 51.0 Å². The van der Waals surface area contributed by atoms with Gasteiger partial charge in [-0.3, -0.25) is 0 Å². The van der Waals surface area contributed by atoms with E-state index >= 15 is 0 Å². The zero-order valence-corrected chi connectivity index (χ0v) is 25.8. The van der Waals surface area contributed by atoms with Gasteiger partial charge in [0.15, 0.2) is 0 Å². The van der Waals surface area contributed by atoms with Crippen LogP contribution in [0.2, 0.25) is 0 Å². The van der Waals surface area contributed by atoms with Crippen molar-refractivity contribution >= 4 is 43.6 Å². The molecule has 0 saturated carbocycles. The van der Waals surface area contributed by atoms with Crippen molar-refractivity contribution < 1.29 is 0 Å². The number of aromatic nitrogens is 2. The van der Waals surface area contributed by atoms with E-state index in [2.05, 4.69) is 137 Å². The molecule has 4 heteroatoms. The van der Waals surface area contributed by atoms with Crippen molar-refractivity contribution in [2.45, 2.75) is 0 Å². The number of benzene rings is 7. The summed E-state index contributed by atoms with van der Waals surface area (Å²) in [5.74, 6) is 0. The standard InChI is InChI=1S/C44H26N4/c45-27-29-20-23-44(48-42-18-7-3-14-37(42)38-15-4-8-19-43(38)48)39(24-29)34-22-21-31(25-32(34)28-46)30-10-9-11-33(26-30)47-40-16-5-1-12-35(40)36-13-2-6-17-41(36)47/h1-26H. The molecule has 0 saturated heterocycles. The first-order chi connectivity index (χ1) is 23.7. The molecule has 7 aromatic carbocycles. The zero-order chi connectivity index (χ0) is 32.2. The zero-order valence-electron chi connectivity index (χ0n) is 25.8. The number of hydrogen-bond donors (Lipinski definition) is 0. The largest absolute Gasteiger partial charge is 0.309 e. The lowest BCUT2D eigenvalue weighted by atomic mass is 9.93. The van der Waals surface area contributed by atoms with Gasteiger partial charge in [0.2, 0.25) is 0 Å². The minimum atomic E-state index is 0.543. The number of fused-ring (bicyclic) bond motifs is 6. The smallest absolute Gasteiger partial charge is 0.0998 e. The van der Waals surface area contributed by atoms with Gasteiger partial charge in [-0.05, 0) is 71.8 Å². The summed E-state index contributed by atoms with van der Waals surface area (Å²) >= 11 is 0. The summed E-state index contributed by atoms with van der Waals surface area (Å²) in [6.45, 7) is 0. The Morgan fingerprint density at radius 2 is 0.938 bits per heavy atom. The monoisotopic (exact) mass is 610 g/mol. The topological polar surface area (TPSA) is 57.4 Å². The molecule has 0 aliphatic rings. The third kappa shape index (κ3) is 4.14. The van der Waals surface area contributed by atoms with Crippen molar-refractivity contribution in [1.29, 1.82) is 10.5 Å². The van der Waals surface area contributed by atoms with Crippen molar-refractivity contribution in [2.75, 3.05) is 0 Å². The Labute approximate surface area is 277 Å². The molecule has 0 bridgehead atoms. The molecular formula is C44H26N4. The number of hydrogen-bond acceptors (Lipinski definition) is 2. The van der Waals surface area contributed by atoms with Gasteiger partial charge in [-0.2, -0.15) is 10.5 Å². The minimum Gasteiger partial charge on any atom is -0.309 e. The summed E-state index contributed by atoms with van der Waals surface area (Å²) in [6, 6.07) is 58.8. The Morgan fingerprint density at radius 1 is 0.396 bits per heavy atom. The second kappa shape index (κ2) is 10.9. The van der Waals surface area contributed by atoms with Gasteiger partial charge in [0.25, 0.3) is 0 Å². The molecule has 2 aromatic heterocycles. The van der Waals surface area contributed by atoms with Crippen molar-refractivity contribution in [2.24, 2.45) is 0 Å².